The third-order valence-electron chi connectivity index (χ3n) is 6.46. The van der Waals surface area contributed by atoms with Gasteiger partial charge in [-0.05, 0) is 56.3 Å². The van der Waals surface area contributed by atoms with Gasteiger partial charge in [0.2, 0.25) is 0 Å². The zero-order valence-corrected chi connectivity index (χ0v) is 12.7. The lowest BCUT2D eigenvalue weighted by Crippen LogP contribution is -2.53. The minimum atomic E-state index is -0.443. The van der Waals surface area contributed by atoms with Crippen LogP contribution in [-0.4, -0.2) is 22.9 Å². The maximum atomic E-state index is 11.3. The van der Waals surface area contributed by atoms with E-state index in [9.17, 15) is 5.11 Å². The van der Waals surface area contributed by atoms with Gasteiger partial charge in [0.15, 0.2) is 0 Å². The molecule has 0 bridgehead atoms. The Kier molecular flexibility index (Phi) is 3.46. The van der Waals surface area contributed by atoms with E-state index < -0.39 is 5.60 Å². The monoisotopic (exact) mass is 266 g/mol. The standard InChI is InChI=1S/C17H30O2/c1-15(2)8-6-11-17(15,18)14-7-12-19-16(13-14)9-4-3-5-10-16/h14,18H,3-13H2,1-2H3. The fourth-order valence-electron chi connectivity index (χ4n) is 5.09. The maximum Gasteiger partial charge on any atom is 0.0728 e. The number of aliphatic hydroxyl groups is 1. The topological polar surface area (TPSA) is 29.5 Å². The van der Waals surface area contributed by atoms with Gasteiger partial charge in [0.25, 0.3) is 0 Å². The van der Waals surface area contributed by atoms with Crippen LogP contribution >= 0.6 is 0 Å². The van der Waals surface area contributed by atoms with Gasteiger partial charge in [-0.1, -0.05) is 33.1 Å². The van der Waals surface area contributed by atoms with Crippen molar-refractivity contribution in [2.24, 2.45) is 11.3 Å². The van der Waals surface area contributed by atoms with Crippen LogP contribution in [0.2, 0.25) is 0 Å². The lowest BCUT2D eigenvalue weighted by molar-refractivity contribution is -0.177. The van der Waals surface area contributed by atoms with Crippen LogP contribution in [0.5, 0.6) is 0 Å². The van der Waals surface area contributed by atoms with Gasteiger partial charge >= 0.3 is 0 Å². The second kappa shape index (κ2) is 4.73. The Bertz CT molecular complexity index is 325. The summed E-state index contributed by atoms with van der Waals surface area (Å²) in [5, 5.41) is 11.3. The van der Waals surface area contributed by atoms with Gasteiger partial charge < -0.3 is 9.84 Å². The zero-order chi connectivity index (χ0) is 13.6. The summed E-state index contributed by atoms with van der Waals surface area (Å²) >= 11 is 0. The molecule has 2 saturated carbocycles. The van der Waals surface area contributed by atoms with E-state index in [1.807, 2.05) is 0 Å². The Balaban J connectivity index is 1.78. The largest absolute Gasteiger partial charge is 0.389 e. The number of hydrogen-bond acceptors (Lipinski definition) is 2. The van der Waals surface area contributed by atoms with Crippen molar-refractivity contribution in [2.45, 2.75) is 89.3 Å². The Morgan fingerprint density at radius 3 is 2.32 bits per heavy atom. The van der Waals surface area contributed by atoms with Crippen LogP contribution in [-0.2, 0) is 4.74 Å². The molecule has 2 atom stereocenters. The van der Waals surface area contributed by atoms with E-state index in [2.05, 4.69) is 13.8 Å². The molecular formula is C17H30O2. The smallest absolute Gasteiger partial charge is 0.0728 e. The molecule has 2 aliphatic carbocycles. The molecule has 1 heterocycles. The number of hydrogen-bond donors (Lipinski definition) is 1. The molecule has 2 heteroatoms. The van der Waals surface area contributed by atoms with Gasteiger partial charge in [0.1, 0.15) is 0 Å². The summed E-state index contributed by atoms with van der Waals surface area (Å²) in [7, 11) is 0. The fourth-order valence-corrected chi connectivity index (χ4v) is 5.09. The first-order valence-electron chi connectivity index (χ1n) is 8.34. The van der Waals surface area contributed by atoms with E-state index in [1.165, 1.54) is 44.9 Å². The van der Waals surface area contributed by atoms with Crippen LogP contribution in [0, 0.1) is 11.3 Å². The third-order valence-corrected chi connectivity index (χ3v) is 6.46. The Morgan fingerprint density at radius 2 is 1.68 bits per heavy atom. The molecule has 1 saturated heterocycles. The third kappa shape index (κ3) is 2.25. The van der Waals surface area contributed by atoms with Gasteiger partial charge in [-0.2, -0.15) is 0 Å². The normalized spacial score (nSPS) is 41.5. The van der Waals surface area contributed by atoms with Crippen molar-refractivity contribution in [3.05, 3.63) is 0 Å². The Hall–Kier alpha value is -0.0800. The quantitative estimate of drug-likeness (QED) is 0.775. The van der Waals surface area contributed by atoms with Crippen molar-refractivity contribution in [1.29, 1.82) is 0 Å². The molecule has 1 spiro atoms. The van der Waals surface area contributed by atoms with E-state index in [0.29, 0.717) is 5.92 Å². The molecule has 0 aromatic rings. The molecule has 2 nitrogen and oxygen atoms in total. The van der Waals surface area contributed by atoms with Gasteiger partial charge in [-0.15, -0.1) is 0 Å². The predicted octanol–water partition coefficient (Wildman–Crippen LogP) is 4.06. The first-order valence-corrected chi connectivity index (χ1v) is 8.34. The zero-order valence-electron chi connectivity index (χ0n) is 12.7. The van der Waals surface area contributed by atoms with Crippen LogP contribution in [0.1, 0.15) is 78.1 Å². The van der Waals surface area contributed by atoms with Crippen molar-refractivity contribution >= 4 is 0 Å². The molecular weight excluding hydrogens is 236 g/mol. The summed E-state index contributed by atoms with van der Waals surface area (Å²) in [5.41, 5.74) is -0.234. The lowest BCUT2D eigenvalue weighted by atomic mass is 9.63. The predicted molar refractivity (Wildman–Crippen MR) is 77.1 cm³/mol. The summed E-state index contributed by atoms with van der Waals surface area (Å²) in [6, 6.07) is 0. The molecule has 3 rings (SSSR count). The van der Waals surface area contributed by atoms with Crippen LogP contribution in [0.3, 0.4) is 0 Å². The molecule has 0 radical (unpaired) electrons. The van der Waals surface area contributed by atoms with Gasteiger partial charge in [-0.25, -0.2) is 0 Å². The van der Waals surface area contributed by atoms with Gasteiger partial charge in [0, 0.05) is 6.61 Å². The highest BCUT2D eigenvalue weighted by Crippen LogP contribution is 2.55. The van der Waals surface area contributed by atoms with Crippen LogP contribution in [0.25, 0.3) is 0 Å². The summed E-state index contributed by atoms with van der Waals surface area (Å²) < 4.78 is 6.20. The second-order valence-electron chi connectivity index (χ2n) is 7.94. The highest BCUT2D eigenvalue weighted by atomic mass is 16.5. The van der Waals surface area contributed by atoms with Crippen LogP contribution in [0.15, 0.2) is 0 Å². The van der Waals surface area contributed by atoms with E-state index in [0.717, 1.165) is 25.9 Å². The molecule has 19 heavy (non-hydrogen) atoms. The molecule has 1 aliphatic heterocycles. The first kappa shape index (κ1) is 13.9. The molecule has 2 unspecified atom stereocenters. The van der Waals surface area contributed by atoms with Crippen molar-refractivity contribution < 1.29 is 9.84 Å². The number of ether oxygens (including phenoxy) is 1. The van der Waals surface area contributed by atoms with Gasteiger partial charge in [-0.3, -0.25) is 0 Å². The van der Waals surface area contributed by atoms with Crippen molar-refractivity contribution in [3.8, 4) is 0 Å². The van der Waals surface area contributed by atoms with Crippen molar-refractivity contribution in [3.63, 3.8) is 0 Å². The second-order valence-corrected chi connectivity index (χ2v) is 7.94. The molecule has 0 aromatic heterocycles. The summed E-state index contributed by atoms with van der Waals surface area (Å²) in [5.74, 6) is 0.455. The van der Waals surface area contributed by atoms with Crippen molar-refractivity contribution in [1.82, 2.24) is 0 Å². The molecule has 0 aromatic carbocycles. The lowest BCUT2D eigenvalue weighted by Gasteiger charge is -2.51. The average molecular weight is 266 g/mol. The molecule has 3 aliphatic rings. The van der Waals surface area contributed by atoms with Crippen molar-refractivity contribution in [2.75, 3.05) is 6.61 Å². The summed E-state index contributed by atoms with van der Waals surface area (Å²) in [6.45, 7) is 5.40. The van der Waals surface area contributed by atoms with E-state index in [-0.39, 0.29) is 11.0 Å². The van der Waals surface area contributed by atoms with E-state index in [1.54, 1.807) is 0 Å². The van der Waals surface area contributed by atoms with E-state index >= 15 is 0 Å². The SMILES string of the molecule is CC1(C)CCCC1(O)C1CCOC2(CCCCC2)C1. The molecule has 3 fully saturated rings. The first-order chi connectivity index (χ1) is 8.98. The Morgan fingerprint density at radius 1 is 0.947 bits per heavy atom. The highest BCUT2D eigenvalue weighted by molar-refractivity contribution is 5.06. The Labute approximate surface area is 117 Å². The fraction of sp³-hybridized carbons (Fsp3) is 1.00. The molecule has 1 N–H and O–H groups in total. The minimum Gasteiger partial charge on any atom is -0.389 e. The maximum absolute atomic E-state index is 11.3. The van der Waals surface area contributed by atoms with E-state index in [4.69, 9.17) is 4.74 Å². The summed E-state index contributed by atoms with van der Waals surface area (Å²) in [6.07, 6.45) is 12.0. The highest BCUT2D eigenvalue weighted by Gasteiger charge is 2.55. The van der Waals surface area contributed by atoms with Crippen LogP contribution < -0.4 is 0 Å². The van der Waals surface area contributed by atoms with Gasteiger partial charge in [0.05, 0.1) is 11.2 Å². The summed E-state index contributed by atoms with van der Waals surface area (Å²) in [4.78, 5) is 0. The molecule has 0 amide bonds. The minimum absolute atomic E-state index is 0.0882. The number of rotatable bonds is 1. The molecule has 110 valence electrons. The van der Waals surface area contributed by atoms with Crippen LogP contribution in [0.4, 0.5) is 0 Å². The average Bonchev–Trinajstić information content (AvgIpc) is 2.66.